The molecular formula is C16H17NO. The summed E-state index contributed by atoms with van der Waals surface area (Å²) in [5.41, 5.74) is 3.63. The number of hydrogen-bond acceptors (Lipinski definition) is 1. The van der Waals surface area contributed by atoms with E-state index in [-0.39, 0.29) is 5.78 Å². The Balaban J connectivity index is 2.18. The van der Waals surface area contributed by atoms with Crippen LogP contribution >= 0.6 is 0 Å². The maximum Gasteiger partial charge on any atom is 0.156 e. The summed E-state index contributed by atoms with van der Waals surface area (Å²) in [4.78, 5) is 11.7. The van der Waals surface area contributed by atoms with Gasteiger partial charge in [0, 0.05) is 36.1 Å². The number of carbonyl (C=O) groups is 1. The van der Waals surface area contributed by atoms with Crippen molar-refractivity contribution in [3.8, 4) is 0 Å². The highest BCUT2D eigenvalue weighted by Gasteiger charge is 2.20. The molecule has 0 saturated heterocycles. The quantitative estimate of drug-likeness (QED) is 0.745. The Morgan fingerprint density at radius 3 is 2.78 bits per heavy atom. The summed E-state index contributed by atoms with van der Waals surface area (Å²) in [6, 6.07) is 8.36. The minimum Gasteiger partial charge on any atom is -0.350 e. The van der Waals surface area contributed by atoms with E-state index in [1.807, 2.05) is 6.08 Å². The fourth-order valence-electron chi connectivity index (χ4n) is 2.89. The number of nitrogens with zero attached hydrogens (tertiary/aromatic N) is 1. The van der Waals surface area contributed by atoms with Crippen LogP contribution in [0.1, 0.15) is 25.3 Å². The standard InChI is InChI=1S/C16H17NO/c1-11-7-12(9-13(18)8-11)15-10-17(2)16-6-4-3-5-14(15)16/h3-6,9-11H,7-8H2,1-2H3. The Hall–Kier alpha value is -1.83. The molecule has 1 aromatic heterocycles. The Labute approximate surface area is 107 Å². The van der Waals surface area contributed by atoms with Crippen molar-refractivity contribution in [3.05, 3.63) is 42.1 Å². The van der Waals surface area contributed by atoms with E-state index in [0.29, 0.717) is 12.3 Å². The molecule has 18 heavy (non-hydrogen) atoms. The summed E-state index contributed by atoms with van der Waals surface area (Å²) in [6.45, 7) is 2.15. The lowest BCUT2D eigenvalue weighted by atomic mass is 9.86. The zero-order valence-corrected chi connectivity index (χ0v) is 10.8. The van der Waals surface area contributed by atoms with E-state index in [1.165, 1.54) is 22.0 Å². The van der Waals surface area contributed by atoms with Gasteiger partial charge >= 0.3 is 0 Å². The number of hydrogen-bond donors (Lipinski definition) is 0. The lowest BCUT2D eigenvalue weighted by molar-refractivity contribution is -0.115. The fraction of sp³-hybridized carbons (Fsp3) is 0.312. The van der Waals surface area contributed by atoms with Gasteiger partial charge in [-0.05, 0) is 30.1 Å². The first kappa shape index (κ1) is 11.3. The van der Waals surface area contributed by atoms with E-state index < -0.39 is 0 Å². The molecule has 0 N–H and O–H groups in total. The molecule has 0 amide bonds. The average Bonchev–Trinajstić information content (AvgIpc) is 2.66. The normalized spacial score (nSPS) is 20.2. The number of fused-ring (bicyclic) bond motifs is 1. The smallest absolute Gasteiger partial charge is 0.156 e. The second kappa shape index (κ2) is 4.13. The predicted molar refractivity (Wildman–Crippen MR) is 74.3 cm³/mol. The van der Waals surface area contributed by atoms with E-state index in [9.17, 15) is 4.79 Å². The van der Waals surface area contributed by atoms with Crippen LogP contribution < -0.4 is 0 Å². The van der Waals surface area contributed by atoms with Crippen molar-refractivity contribution in [2.75, 3.05) is 0 Å². The minimum atomic E-state index is 0.261. The van der Waals surface area contributed by atoms with Crippen molar-refractivity contribution in [1.82, 2.24) is 4.57 Å². The van der Waals surface area contributed by atoms with Crippen LogP contribution in [-0.4, -0.2) is 10.4 Å². The molecule has 1 aliphatic carbocycles. The molecule has 1 aromatic carbocycles. The first-order valence-corrected chi connectivity index (χ1v) is 6.43. The zero-order valence-electron chi connectivity index (χ0n) is 10.8. The van der Waals surface area contributed by atoms with Gasteiger partial charge in [0.25, 0.3) is 0 Å². The van der Waals surface area contributed by atoms with E-state index in [1.54, 1.807) is 0 Å². The predicted octanol–water partition coefficient (Wildman–Crippen LogP) is 3.56. The average molecular weight is 239 g/mol. The van der Waals surface area contributed by atoms with Crippen LogP contribution in [0.4, 0.5) is 0 Å². The maximum absolute atomic E-state index is 11.7. The van der Waals surface area contributed by atoms with Gasteiger partial charge in [-0.3, -0.25) is 4.79 Å². The molecule has 92 valence electrons. The molecule has 1 aliphatic rings. The summed E-state index contributed by atoms with van der Waals surface area (Å²) in [6.07, 6.45) is 5.66. The summed E-state index contributed by atoms with van der Waals surface area (Å²) in [5, 5.41) is 1.24. The number of para-hydroxylation sites is 1. The summed E-state index contributed by atoms with van der Waals surface area (Å²) in [5.74, 6) is 0.716. The van der Waals surface area contributed by atoms with Crippen LogP contribution in [0, 0.1) is 5.92 Å². The second-order valence-electron chi connectivity index (χ2n) is 5.32. The van der Waals surface area contributed by atoms with Crippen molar-refractivity contribution < 1.29 is 4.79 Å². The van der Waals surface area contributed by atoms with Crippen molar-refractivity contribution >= 4 is 22.3 Å². The first-order valence-electron chi connectivity index (χ1n) is 6.43. The lowest BCUT2D eigenvalue weighted by Gasteiger charge is -2.17. The number of allylic oxidation sites excluding steroid dienone is 2. The minimum absolute atomic E-state index is 0.261. The lowest BCUT2D eigenvalue weighted by Crippen LogP contribution is -2.10. The monoisotopic (exact) mass is 239 g/mol. The van der Waals surface area contributed by atoms with Gasteiger partial charge in [-0.2, -0.15) is 0 Å². The van der Waals surface area contributed by atoms with Crippen molar-refractivity contribution in [2.45, 2.75) is 19.8 Å². The Morgan fingerprint density at radius 2 is 2.00 bits per heavy atom. The number of carbonyl (C=O) groups excluding carboxylic acids is 1. The van der Waals surface area contributed by atoms with Gasteiger partial charge < -0.3 is 4.57 Å². The van der Waals surface area contributed by atoms with Crippen LogP contribution in [0.5, 0.6) is 0 Å². The largest absolute Gasteiger partial charge is 0.350 e. The fourth-order valence-corrected chi connectivity index (χ4v) is 2.89. The summed E-state index contributed by atoms with van der Waals surface area (Å²) >= 11 is 0. The van der Waals surface area contributed by atoms with Crippen LogP contribution in [0.2, 0.25) is 0 Å². The number of benzene rings is 1. The van der Waals surface area contributed by atoms with Gasteiger partial charge in [-0.1, -0.05) is 25.1 Å². The molecule has 0 bridgehead atoms. The third kappa shape index (κ3) is 1.78. The topological polar surface area (TPSA) is 22.0 Å². The molecule has 1 heterocycles. The Kier molecular flexibility index (Phi) is 2.58. The molecule has 0 spiro atoms. The SMILES string of the molecule is CC1CC(=O)C=C(c2cn(C)c3ccccc23)C1. The van der Waals surface area contributed by atoms with Crippen molar-refractivity contribution in [3.63, 3.8) is 0 Å². The highest BCUT2D eigenvalue weighted by molar-refractivity contribution is 6.03. The van der Waals surface area contributed by atoms with Crippen LogP contribution in [0.25, 0.3) is 16.5 Å². The van der Waals surface area contributed by atoms with Crippen molar-refractivity contribution in [1.29, 1.82) is 0 Å². The third-order valence-electron chi connectivity index (χ3n) is 3.70. The number of aromatic nitrogens is 1. The molecule has 2 nitrogen and oxygen atoms in total. The second-order valence-corrected chi connectivity index (χ2v) is 5.32. The van der Waals surface area contributed by atoms with Crippen LogP contribution in [-0.2, 0) is 11.8 Å². The molecule has 3 rings (SSSR count). The van der Waals surface area contributed by atoms with Gasteiger partial charge in [-0.25, -0.2) is 0 Å². The van der Waals surface area contributed by atoms with Crippen molar-refractivity contribution in [2.24, 2.45) is 13.0 Å². The van der Waals surface area contributed by atoms with E-state index >= 15 is 0 Å². The molecule has 0 radical (unpaired) electrons. The Bertz CT molecular complexity index is 648. The molecule has 1 atom stereocenters. The van der Waals surface area contributed by atoms with Gasteiger partial charge in [-0.15, -0.1) is 0 Å². The molecule has 1 unspecified atom stereocenters. The number of rotatable bonds is 1. The van der Waals surface area contributed by atoms with Gasteiger partial charge in [0.05, 0.1) is 0 Å². The molecular weight excluding hydrogens is 222 g/mol. The van der Waals surface area contributed by atoms with E-state index in [0.717, 1.165) is 6.42 Å². The molecule has 2 aromatic rings. The zero-order chi connectivity index (χ0) is 12.7. The first-order chi connectivity index (χ1) is 8.65. The van der Waals surface area contributed by atoms with Gasteiger partial charge in [0.2, 0.25) is 0 Å². The molecule has 2 heteroatoms. The number of ketones is 1. The molecule has 0 saturated carbocycles. The molecule has 0 aliphatic heterocycles. The highest BCUT2D eigenvalue weighted by atomic mass is 16.1. The van der Waals surface area contributed by atoms with Gasteiger partial charge in [0.15, 0.2) is 5.78 Å². The summed E-state index contributed by atoms with van der Waals surface area (Å²) in [7, 11) is 2.06. The van der Waals surface area contributed by atoms with Gasteiger partial charge in [0.1, 0.15) is 0 Å². The van der Waals surface area contributed by atoms with E-state index in [4.69, 9.17) is 0 Å². The summed E-state index contributed by atoms with van der Waals surface area (Å²) < 4.78 is 2.13. The Morgan fingerprint density at radius 1 is 1.22 bits per heavy atom. The van der Waals surface area contributed by atoms with Crippen LogP contribution in [0.15, 0.2) is 36.5 Å². The highest BCUT2D eigenvalue weighted by Crippen LogP contribution is 2.34. The van der Waals surface area contributed by atoms with Crippen LogP contribution in [0.3, 0.4) is 0 Å². The maximum atomic E-state index is 11.7. The molecule has 0 fully saturated rings. The third-order valence-corrected chi connectivity index (χ3v) is 3.70. The number of aryl methyl sites for hydroxylation is 1. The van der Waals surface area contributed by atoms with E-state index in [2.05, 4.69) is 49.0 Å².